The third kappa shape index (κ3) is 7.43. The highest BCUT2D eigenvalue weighted by molar-refractivity contribution is 6.96. The maximum Gasteiger partial charge on any atom is 0.252 e. The van der Waals surface area contributed by atoms with Crippen LogP contribution < -0.4 is 19.8 Å². The topological polar surface area (TPSA) is 44.8 Å². The number of carbonyl (C=O) groups excluding carboxylic acids is 1. The zero-order valence-electron chi connectivity index (χ0n) is 22.4. The van der Waals surface area contributed by atoms with Gasteiger partial charge in [0.25, 0.3) is 8.32 Å². The summed E-state index contributed by atoms with van der Waals surface area (Å²) in [6.07, 6.45) is 1.27. The van der Waals surface area contributed by atoms with Crippen molar-refractivity contribution < 1.29 is 18.7 Å². The van der Waals surface area contributed by atoms with Gasteiger partial charge in [-0.1, -0.05) is 90.5 Å². The third-order valence-corrected chi connectivity index (χ3v) is 10.4. The van der Waals surface area contributed by atoms with E-state index in [1.165, 1.54) is 15.9 Å². The highest BCUT2D eigenvalue weighted by Crippen LogP contribution is 2.16. The molecule has 0 saturated carbocycles. The predicted molar refractivity (Wildman–Crippen MR) is 156 cm³/mol. The minimum Gasteiger partial charge on any atom is -0.486 e. The van der Waals surface area contributed by atoms with E-state index in [1.54, 1.807) is 6.92 Å². The molecule has 4 aromatic rings. The summed E-state index contributed by atoms with van der Waals surface area (Å²) in [4.78, 5) is 12.5. The minimum absolute atomic E-state index is 0.0254. The number of aryl methyl sites for hydroxylation is 2. The van der Waals surface area contributed by atoms with Gasteiger partial charge in [0, 0.05) is 6.61 Å². The zero-order chi connectivity index (χ0) is 26.8. The maximum absolute atomic E-state index is 12.5. The summed E-state index contributed by atoms with van der Waals surface area (Å²) in [5.41, 5.74) is 2.36. The van der Waals surface area contributed by atoms with Gasteiger partial charge in [-0.05, 0) is 73.4 Å². The predicted octanol–water partition coefficient (Wildman–Crippen LogP) is 5.75. The van der Waals surface area contributed by atoms with Crippen molar-refractivity contribution in [3.63, 3.8) is 0 Å². The van der Waals surface area contributed by atoms with Crippen molar-refractivity contribution in [1.29, 1.82) is 0 Å². The van der Waals surface area contributed by atoms with Gasteiger partial charge in [0.05, 0.1) is 0 Å². The lowest BCUT2D eigenvalue weighted by atomic mass is 10.1. The van der Waals surface area contributed by atoms with Gasteiger partial charge >= 0.3 is 0 Å². The van der Waals surface area contributed by atoms with Crippen molar-refractivity contribution in [2.75, 3.05) is 13.2 Å². The van der Waals surface area contributed by atoms with E-state index < -0.39 is 14.4 Å². The Kier molecular flexibility index (Phi) is 9.52. The van der Waals surface area contributed by atoms with Gasteiger partial charge in [-0.2, -0.15) is 0 Å². The van der Waals surface area contributed by atoms with E-state index in [1.807, 2.05) is 55.5 Å². The molecule has 0 bridgehead atoms. The molecule has 0 amide bonds. The Balaban J connectivity index is 1.24. The van der Waals surface area contributed by atoms with E-state index >= 15 is 0 Å². The van der Waals surface area contributed by atoms with E-state index in [0.717, 1.165) is 18.4 Å². The van der Waals surface area contributed by atoms with Crippen molar-refractivity contribution in [3.05, 3.63) is 120 Å². The summed E-state index contributed by atoms with van der Waals surface area (Å²) in [6, 6.07) is 36.8. The highest BCUT2D eigenvalue weighted by atomic mass is 28.4. The van der Waals surface area contributed by atoms with Crippen LogP contribution in [0.3, 0.4) is 0 Å². The molecule has 1 unspecified atom stereocenters. The van der Waals surface area contributed by atoms with Crippen LogP contribution in [0.15, 0.2) is 109 Å². The molecule has 1 atom stereocenters. The van der Waals surface area contributed by atoms with Crippen LogP contribution >= 0.6 is 0 Å². The SMILES string of the molecule is Cc1ccc(OC(C)C(=O)COc2ccc(CCCO[Si](C)(c3ccccc3)c3ccccc3)cc2)cc1. The fourth-order valence-electron chi connectivity index (χ4n) is 4.31. The van der Waals surface area contributed by atoms with Crippen LogP contribution in [0.4, 0.5) is 0 Å². The largest absolute Gasteiger partial charge is 0.486 e. The molecule has 4 rings (SSSR count). The average Bonchev–Trinajstić information content (AvgIpc) is 2.96. The van der Waals surface area contributed by atoms with Crippen molar-refractivity contribution >= 4 is 24.5 Å². The van der Waals surface area contributed by atoms with Crippen LogP contribution in [0.5, 0.6) is 11.5 Å². The van der Waals surface area contributed by atoms with E-state index in [9.17, 15) is 4.79 Å². The van der Waals surface area contributed by atoms with Crippen LogP contribution in [0.1, 0.15) is 24.5 Å². The molecule has 0 aliphatic heterocycles. The first-order valence-electron chi connectivity index (χ1n) is 13.2. The van der Waals surface area contributed by atoms with Crippen LogP contribution in [0.2, 0.25) is 6.55 Å². The van der Waals surface area contributed by atoms with Gasteiger partial charge in [-0.15, -0.1) is 0 Å². The summed E-state index contributed by atoms with van der Waals surface area (Å²) in [5.74, 6) is 1.25. The normalized spacial score (nSPS) is 12.1. The lowest BCUT2D eigenvalue weighted by molar-refractivity contribution is -0.127. The molecule has 4 aromatic carbocycles. The fraction of sp³-hybridized carbons (Fsp3) is 0.242. The Morgan fingerprint density at radius 2 is 1.32 bits per heavy atom. The van der Waals surface area contributed by atoms with Crippen molar-refractivity contribution in [1.82, 2.24) is 0 Å². The summed E-state index contributed by atoms with van der Waals surface area (Å²) in [5, 5.41) is 2.56. The molecule has 38 heavy (non-hydrogen) atoms. The molecule has 5 heteroatoms. The van der Waals surface area contributed by atoms with E-state index in [0.29, 0.717) is 18.1 Å². The monoisotopic (exact) mass is 524 g/mol. The van der Waals surface area contributed by atoms with Crippen LogP contribution in [0.25, 0.3) is 0 Å². The lowest BCUT2D eigenvalue weighted by Gasteiger charge is -2.28. The number of carbonyl (C=O) groups is 1. The summed E-state index contributed by atoms with van der Waals surface area (Å²) < 4.78 is 18.1. The molecule has 0 radical (unpaired) electrons. The molecule has 0 saturated heterocycles. The lowest BCUT2D eigenvalue weighted by Crippen LogP contribution is -2.58. The second kappa shape index (κ2) is 13.2. The molecular formula is C33H36O4Si. The maximum atomic E-state index is 12.5. The Hall–Kier alpha value is -3.67. The molecule has 196 valence electrons. The number of ketones is 1. The summed E-state index contributed by atoms with van der Waals surface area (Å²) in [6.45, 7) is 6.71. The molecule has 0 aromatic heterocycles. The molecule has 0 fully saturated rings. The second-order valence-electron chi connectivity index (χ2n) is 9.69. The Morgan fingerprint density at radius 3 is 1.89 bits per heavy atom. The van der Waals surface area contributed by atoms with Gasteiger partial charge in [0.2, 0.25) is 5.78 Å². The average molecular weight is 525 g/mol. The zero-order valence-corrected chi connectivity index (χ0v) is 23.4. The number of hydrogen-bond donors (Lipinski definition) is 0. The third-order valence-electron chi connectivity index (χ3n) is 6.74. The fourth-order valence-corrected chi connectivity index (χ4v) is 7.19. The van der Waals surface area contributed by atoms with Crippen LogP contribution in [-0.2, 0) is 15.6 Å². The number of Topliss-reactive ketones (excluding diaryl/α,β-unsaturated/α-hetero) is 1. The van der Waals surface area contributed by atoms with E-state index in [4.69, 9.17) is 13.9 Å². The Bertz CT molecular complexity index is 1230. The highest BCUT2D eigenvalue weighted by Gasteiger charge is 2.33. The van der Waals surface area contributed by atoms with E-state index in [-0.39, 0.29) is 12.4 Å². The van der Waals surface area contributed by atoms with Gasteiger partial charge in [-0.3, -0.25) is 4.79 Å². The first kappa shape index (κ1) is 27.4. The van der Waals surface area contributed by atoms with Crippen molar-refractivity contribution in [3.8, 4) is 11.5 Å². The van der Waals surface area contributed by atoms with Crippen LogP contribution in [0, 0.1) is 6.92 Å². The summed E-state index contributed by atoms with van der Waals surface area (Å²) >= 11 is 0. The van der Waals surface area contributed by atoms with Gasteiger partial charge < -0.3 is 13.9 Å². The van der Waals surface area contributed by atoms with E-state index in [2.05, 4.69) is 67.2 Å². The number of ether oxygens (including phenoxy) is 2. The molecule has 0 aliphatic rings. The second-order valence-corrected chi connectivity index (χ2v) is 13.2. The summed E-state index contributed by atoms with van der Waals surface area (Å²) in [7, 11) is -2.27. The first-order chi connectivity index (χ1) is 18.4. The number of benzene rings is 4. The number of rotatable bonds is 13. The van der Waals surface area contributed by atoms with Gasteiger partial charge in [0.15, 0.2) is 12.7 Å². The van der Waals surface area contributed by atoms with Gasteiger partial charge in [0.1, 0.15) is 11.5 Å². The molecule has 4 nitrogen and oxygen atoms in total. The molecule has 0 aliphatic carbocycles. The molecule has 0 spiro atoms. The van der Waals surface area contributed by atoms with Gasteiger partial charge in [-0.25, -0.2) is 0 Å². The number of hydrogen-bond acceptors (Lipinski definition) is 4. The Labute approximate surface area is 227 Å². The smallest absolute Gasteiger partial charge is 0.252 e. The van der Waals surface area contributed by atoms with Crippen molar-refractivity contribution in [2.24, 2.45) is 0 Å². The van der Waals surface area contributed by atoms with Crippen molar-refractivity contribution in [2.45, 2.75) is 39.3 Å². The molecule has 0 N–H and O–H groups in total. The minimum atomic E-state index is -2.27. The Morgan fingerprint density at radius 1 is 0.763 bits per heavy atom. The quantitative estimate of drug-likeness (QED) is 0.165. The first-order valence-corrected chi connectivity index (χ1v) is 15.6. The standard InChI is InChI=1S/C33H36O4Si/c1-26-16-20-30(21-17-26)37-27(2)33(34)25-35-29-22-18-28(19-23-29)11-10-24-36-38(3,31-12-6-4-7-13-31)32-14-8-5-9-15-32/h4-9,12-23,27H,10-11,24-25H2,1-3H3. The van der Waals surface area contributed by atoms with Crippen LogP contribution in [-0.4, -0.2) is 33.4 Å². The molecular weight excluding hydrogens is 488 g/mol. The molecule has 0 heterocycles.